The summed E-state index contributed by atoms with van der Waals surface area (Å²) in [6.45, 7) is 11.0. The van der Waals surface area contributed by atoms with E-state index in [1.165, 1.54) is 31.4 Å². The summed E-state index contributed by atoms with van der Waals surface area (Å²) in [5, 5.41) is 8.06. The molecule has 0 aromatic carbocycles. The van der Waals surface area contributed by atoms with Gasteiger partial charge >= 0.3 is 0 Å². The minimum atomic E-state index is 0.648. The minimum absolute atomic E-state index is 0.648. The second-order valence-electron chi connectivity index (χ2n) is 5.59. The first-order valence-electron chi connectivity index (χ1n) is 7.75. The fourth-order valence-electron chi connectivity index (χ4n) is 2.91. The topological polar surface area (TPSA) is 33.1 Å². The molecule has 0 amide bonds. The number of nitrogens with zero attached hydrogens (tertiary/aromatic N) is 3. The number of hydrogen-bond acceptors (Lipinski definition) is 3. The van der Waals surface area contributed by atoms with Crippen molar-refractivity contribution in [2.75, 3.05) is 13.1 Å². The van der Waals surface area contributed by atoms with E-state index in [4.69, 9.17) is 0 Å². The highest BCUT2D eigenvalue weighted by Gasteiger charge is 2.26. The van der Waals surface area contributed by atoms with Gasteiger partial charge in [-0.2, -0.15) is 5.10 Å². The van der Waals surface area contributed by atoms with E-state index >= 15 is 0 Å². The Morgan fingerprint density at radius 2 is 2.21 bits per heavy atom. The molecule has 19 heavy (non-hydrogen) atoms. The Balaban J connectivity index is 1.99. The Bertz CT molecular complexity index is 374. The molecule has 2 rings (SSSR count). The number of hydrogen-bond donors (Lipinski definition) is 1. The van der Waals surface area contributed by atoms with Crippen molar-refractivity contribution in [2.24, 2.45) is 0 Å². The lowest BCUT2D eigenvalue weighted by molar-refractivity contribution is 0.113. The molecular weight excluding hydrogens is 236 g/mol. The van der Waals surface area contributed by atoms with E-state index in [0.717, 1.165) is 19.6 Å². The van der Waals surface area contributed by atoms with Crippen LogP contribution in [0.4, 0.5) is 0 Å². The molecule has 0 radical (unpaired) electrons. The lowest BCUT2D eigenvalue weighted by Crippen LogP contribution is -2.55. The van der Waals surface area contributed by atoms with Crippen molar-refractivity contribution in [1.29, 1.82) is 0 Å². The zero-order chi connectivity index (χ0) is 13.7. The number of nitrogens with one attached hydrogen (secondary N) is 1. The molecule has 1 aliphatic rings. The zero-order valence-corrected chi connectivity index (χ0v) is 12.6. The van der Waals surface area contributed by atoms with E-state index in [9.17, 15) is 0 Å². The van der Waals surface area contributed by atoms with Crippen molar-refractivity contribution in [3.8, 4) is 0 Å². The lowest BCUT2D eigenvalue weighted by atomic mass is 10.0. The lowest BCUT2D eigenvalue weighted by Gasteiger charge is -2.40. The van der Waals surface area contributed by atoms with E-state index in [2.05, 4.69) is 42.3 Å². The molecule has 1 aliphatic heterocycles. The van der Waals surface area contributed by atoms with Gasteiger partial charge in [-0.15, -0.1) is 0 Å². The van der Waals surface area contributed by atoms with Crippen LogP contribution in [0.25, 0.3) is 0 Å². The summed E-state index contributed by atoms with van der Waals surface area (Å²) >= 11 is 0. The van der Waals surface area contributed by atoms with Gasteiger partial charge in [0.2, 0.25) is 0 Å². The summed E-state index contributed by atoms with van der Waals surface area (Å²) in [5.41, 5.74) is 1.35. The third-order valence-corrected chi connectivity index (χ3v) is 4.12. The van der Waals surface area contributed by atoms with Crippen LogP contribution in [-0.2, 0) is 13.1 Å². The summed E-state index contributed by atoms with van der Waals surface area (Å²) in [6, 6.07) is 1.33. The molecule has 0 spiro atoms. The highest BCUT2D eigenvalue weighted by molar-refractivity contribution is 5.05. The Morgan fingerprint density at radius 1 is 1.37 bits per heavy atom. The molecule has 0 bridgehead atoms. The predicted octanol–water partition coefficient (Wildman–Crippen LogP) is 2.26. The molecule has 2 atom stereocenters. The Morgan fingerprint density at radius 3 is 2.84 bits per heavy atom. The molecule has 1 N–H and O–H groups in total. The smallest absolute Gasteiger partial charge is 0.0534 e. The molecule has 1 aromatic rings. The SMILES string of the molecule is CCCC1CNC(CC)CN1Cc1cnn(CC)c1. The second-order valence-corrected chi connectivity index (χ2v) is 5.59. The van der Waals surface area contributed by atoms with Crippen molar-refractivity contribution in [3.05, 3.63) is 18.0 Å². The van der Waals surface area contributed by atoms with E-state index in [0.29, 0.717) is 12.1 Å². The minimum Gasteiger partial charge on any atom is -0.311 e. The van der Waals surface area contributed by atoms with Crippen LogP contribution in [0.5, 0.6) is 0 Å². The standard InChI is InChI=1S/C15H28N4/c1-4-7-15-9-16-14(5-2)12-18(15)10-13-8-17-19(6-3)11-13/h8,11,14-16H,4-7,9-10,12H2,1-3H3. The Hall–Kier alpha value is -0.870. The van der Waals surface area contributed by atoms with Crippen molar-refractivity contribution in [1.82, 2.24) is 20.0 Å². The molecule has 4 nitrogen and oxygen atoms in total. The van der Waals surface area contributed by atoms with Crippen molar-refractivity contribution >= 4 is 0 Å². The summed E-state index contributed by atoms with van der Waals surface area (Å²) < 4.78 is 2.02. The quantitative estimate of drug-likeness (QED) is 0.855. The van der Waals surface area contributed by atoms with Gasteiger partial charge in [0.05, 0.1) is 6.20 Å². The Labute approximate surface area is 117 Å². The molecule has 4 heteroatoms. The summed E-state index contributed by atoms with van der Waals surface area (Å²) in [7, 11) is 0. The molecular formula is C15H28N4. The third-order valence-electron chi connectivity index (χ3n) is 4.12. The zero-order valence-electron chi connectivity index (χ0n) is 12.6. The van der Waals surface area contributed by atoms with E-state index in [1.54, 1.807) is 0 Å². The average Bonchev–Trinajstić information content (AvgIpc) is 2.88. The molecule has 1 fully saturated rings. The van der Waals surface area contributed by atoms with Gasteiger partial charge in [0.15, 0.2) is 0 Å². The fraction of sp³-hybridized carbons (Fsp3) is 0.800. The number of aryl methyl sites for hydroxylation is 1. The van der Waals surface area contributed by atoms with Crippen molar-refractivity contribution in [2.45, 2.75) is 65.2 Å². The van der Waals surface area contributed by atoms with Crippen LogP contribution in [0.15, 0.2) is 12.4 Å². The highest BCUT2D eigenvalue weighted by Crippen LogP contribution is 2.17. The molecule has 0 saturated carbocycles. The van der Waals surface area contributed by atoms with Crippen LogP contribution in [0, 0.1) is 0 Å². The average molecular weight is 264 g/mol. The largest absolute Gasteiger partial charge is 0.311 e. The first-order chi connectivity index (χ1) is 9.26. The summed E-state index contributed by atoms with van der Waals surface area (Å²) in [6.07, 6.45) is 7.96. The van der Waals surface area contributed by atoms with Gasteiger partial charge in [-0.25, -0.2) is 0 Å². The summed E-state index contributed by atoms with van der Waals surface area (Å²) in [4.78, 5) is 2.64. The monoisotopic (exact) mass is 264 g/mol. The van der Waals surface area contributed by atoms with E-state index in [1.807, 2.05) is 10.9 Å². The molecule has 108 valence electrons. The number of aromatic nitrogens is 2. The molecule has 1 saturated heterocycles. The molecule has 2 unspecified atom stereocenters. The first kappa shape index (κ1) is 14.5. The Kier molecular flexibility index (Phi) is 5.40. The second kappa shape index (κ2) is 7.06. The number of rotatable bonds is 6. The van der Waals surface area contributed by atoms with E-state index in [-0.39, 0.29) is 0 Å². The fourth-order valence-corrected chi connectivity index (χ4v) is 2.91. The van der Waals surface area contributed by atoms with Crippen LogP contribution in [-0.4, -0.2) is 39.9 Å². The van der Waals surface area contributed by atoms with Crippen LogP contribution in [0.3, 0.4) is 0 Å². The van der Waals surface area contributed by atoms with Crippen LogP contribution in [0.1, 0.15) is 45.6 Å². The first-order valence-corrected chi connectivity index (χ1v) is 7.75. The third kappa shape index (κ3) is 3.80. The van der Waals surface area contributed by atoms with E-state index < -0.39 is 0 Å². The normalized spacial score (nSPS) is 24.8. The van der Waals surface area contributed by atoms with Gasteiger partial charge in [0.25, 0.3) is 0 Å². The van der Waals surface area contributed by atoms with Gasteiger partial charge in [-0.3, -0.25) is 9.58 Å². The van der Waals surface area contributed by atoms with Gasteiger partial charge in [0, 0.05) is 50.0 Å². The molecule has 0 aliphatic carbocycles. The molecule has 1 aromatic heterocycles. The van der Waals surface area contributed by atoms with Gasteiger partial charge < -0.3 is 5.32 Å². The van der Waals surface area contributed by atoms with Crippen LogP contribution >= 0.6 is 0 Å². The maximum Gasteiger partial charge on any atom is 0.0534 e. The van der Waals surface area contributed by atoms with Gasteiger partial charge in [0.1, 0.15) is 0 Å². The van der Waals surface area contributed by atoms with Crippen LogP contribution < -0.4 is 5.32 Å². The highest BCUT2D eigenvalue weighted by atomic mass is 15.3. The van der Waals surface area contributed by atoms with Crippen molar-refractivity contribution in [3.63, 3.8) is 0 Å². The maximum atomic E-state index is 4.38. The van der Waals surface area contributed by atoms with Gasteiger partial charge in [-0.05, 0) is 19.8 Å². The summed E-state index contributed by atoms with van der Waals surface area (Å²) in [5.74, 6) is 0. The number of piperazine rings is 1. The van der Waals surface area contributed by atoms with Crippen LogP contribution in [0.2, 0.25) is 0 Å². The molecule has 2 heterocycles. The predicted molar refractivity (Wildman–Crippen MR) is 79.1 cm³/mol. The van der Waals surface area contributed by atoms with Gasteiger partial charge in [-0.1, -0.05) is 20.3 Å². The maximum absolute atomic E-state index is 4.38. The van der Waals surface area contributed by atoms with Crippen molar-refractivity contribution < 1.29 is 0 Å².